The van der Waals surface area contributed by atoms with Gasteiger partial charge in [-0.15, -0.1) is 0 Å². The Morgan fingerprint density at radius 1 is 1.10 bits per heavy atom. The van der Waals surface area contributed by atoms with Crippen molar-refractivity contribution in [1.82, 2.24) is 9.88 Å². The van der Waals surface area contributed by atoms with Crippen LogP contribution < -0.4 is 5.32 Å². The fraction of sp³-hybridized carbons (Fsp3) is 0.167. The van der Waals surface area contributed by atoms with E-state index in [1.807, 2.05) is 60.7 Å². The smallest absolute Gasteiger partial charge is 0.255 e. The monoisotopic (exact) mass is 394 g/mol. The number of nitrogens with one attached hydrogen (secondary N) is 1. The molecule has 1 aromatic heterocycles. The molecule has 0 bridgehead atoms. The second-order valence-corrected chi connectivity index (χ2v) is 7.58. The minimum Gasteiger partial charge on any atom is -0.330 e. The van der Waals surface area contributed by atoms with Crippen LogP contribution in [0.1, 0.15) is 39.6 Å². The van der Waals surface area contributed by atoms with Crippen LogP contribution in [-0.4, -0.2) is 28.2 Å². The first-order valence-corrected chi connectivity index (χ1v) is 9.78. The van der Waals surface area contributed by atoms with Gasteiger partial charge in [0.15, 0.2) is 0 Å². The fourth-order valence-corrected chi connectivity index (χ4v) is 4.76. The Balaban J connectivity index is 1.64. The van der Waals surface area contributed by atoms with Crippen LogP contribution in [0.25, 0.3) is 0 Å². The molecule has 2 amide bonds. The zero-order valence-corrected chi connectivity index (χ0v) is 16.1. The van der Waals surface area contributed by atoms with Crippen molar-refractivity contribution in [3.05, 3.63) is 95.3 Å². The number of carbonyl (C=O) groups excluding carboxylic acids is 2. The molecule has 1 spiro atoms. The molecule has 1 saturated heterocycles. The lowest BCUT2D eigenvalue weighted by Crippen LogP contribution is -2.42. The van der Waals surface area contributed by atoms with E-state index in [0.717, 1.165) is 16.8 Å². The minimum atomic E-state index is -0.840. The predicted molar refractivity (Wildman–Crippen MR) is 111 cm³/mol. The highest BCUT2D eigenvalue weighted by molar-refractivity contribution is 6.08. The van der Waals surface area contributed by atoms with E-state index in [-0.39, 0.29) is 17.5 Å². The Bertz CT molecular complexity index is 1180. The van der Waals surface area contributed by atoms with Gasteiger partial charge in [-0.1, -0.05) is 48.5 Å². The molecule has 146 valence electrons. The van der Waals surface area contributed by atoms with Crippen LogP contribution in [0.5, 0.6) is 0 Å². The Hall–Kier alpha value is -3.98. The summed E-state index contributed by atoms with van der Waals surface area (Å²) in [5.74, 6) is -0.277. The first-order chi connectivity index (χ1) is 14.6. The van der Waals surface area contributed by atoms with Crippen molar-refractivity contribution in [3.8, 4) is 6.07 Å². The Morgan fingerprint density at radius 2 is 1.87 bits per heavy atom. The van der Waals surface area contributed by atoms with Crippen LogP contribution in [0.4, 0.5) is 5.69 Å². The lowest BCUT2D eigenvalue weighted by atomic mass is 9.72. The second-order valence-electron chi connectivity index (χ2n) is 7.58. The highest BCUT2D eigenvalue weighted by atomic mass is 16.2. The van der Waals surface area contributed by atoms with Gasteiger partial charge in [-0.25, -0.2) is 4.98 Å². The van der Waals surface area contributed by atoms with Gasteiger partial charge in [0.25, 0.3) is 5.91 Å². The summed E-state index contributed by atoms with van der Waals surface area (Å²) in [7, 11) is 0. The maximum atomic E-state index is 13.5. The third-order valence-electron chi connectivity index (χ3n) is 6.09. The van der Waals surface area contributed by atoms with Crippen molar-refractivity contribution in [2.24, 2.45) is 0 Å². The number of fused-ring (bicyclic) bond motifs is 2. The minimum absolute atomic E-state index is 0.0780. The maximum Gasteiger partial charge on any atom is 0.255 e. The maximum absolute atomic E-state index is 13.5. The van der Waals surface area contributed by atoms with Crippen molar-refractivity contribution in [2.45, 2.75) is 17.9 Å². The van der Waals surface area contributed by atoms with Crippen molar-refractivity contribution in [1.29, 1.82) is 5.26 Å². The molecule has 6 nitrogen and oxygen atoms in total. The second kappa shape index (κ2) is 6.82. The normalized spacial score (nSPS) is 21.9. The number of nitriles is 1. The van der Waals surface area contributed by atoms with Crippen LogP contribution in [-0.2, 0) is 10.2 Å². The molecule has 2 aliphatic heterocycles. The van der Waals surface area contributed by atoms with Crippen LogP contribution in [0.3, 0.4) is 0 Å². The Labute approximate surface area is 173 Å². The van der Waals surface area contributed by atoms with E-state index in [0.29, 0.717) is 18.5 Å². The quantitative estimate of drug-likeness (QED) is 0.722. The zero-order valence-electron chi connectivity index (χ0n) is 16.1. The number of benzene rings is 2. The van der Waals surface area contributed by atoms with Gasteiger partial charge in [0.2, 0.25) is 5.91 Å². The molecule has 5 rings (SSSR count). The fourth-order valence-electron chi connectivity index (χ4n) is 4.76. The van der Waals surface area contributed by atoms with E-state index in [2.05, 4.69) is 10.3 Å². The molecule has 6 heteroatoms. The lowest BCUT2D eigenvalue weighted by molar-refractivity contribution is -0.121. The van der Waals surface area contributed by atoms with E-state index < -0.39 is 11.5 Å². The van der Waals surface area contributed by atoms with Gasteiger partial charge in [0, 0.05) is 18.4 Å². The van der Waals surface area contributed by atoms with Crippen LogP contribution in [0.2, 0.25) is 0 Å². The van der Waals surface area contributed by atoms with Gasteiger partial charge in [-0.05, 0) is 35.7 Å². The standard InChI is InChI=1S/C24H18N4O2/c25-14-18-11-10-17(15-26-18)22(29)28-13-12-24(21(28)16-6-2-1-3-7-16)19-8-4-5-9-20(19)27-23(24)30/h1-11,15,21H,12-13H2,(H,27,30)/t21-,24+/m0/s1. The third-order valence-corrected chi connectivity index (χ3v) is 6.09. The number of likely N-dealkylation sites (tertiary alicyclic amines) is 1. The Kier molecular flexibility index (Phi) is 4.11. The zero-order chi connectivity index (χ0) is 20.7. The van der Waals surface area contributed by atoms with Crippen molar-refractivity contribution in [3.63, 3.8) is 0 Å². The summed E-state index contributed by atoms with van der Waals surface area (Å²) in [5, 5.41) is 12.0. The van der Waals surface area contributed by atoms with Gasteiger partial charge >= 0.3 is 0 Å². The van der Waals surface area contributed by atoms with Gasteiger partial charge in [-0.3, -0.25) is 9.59 Å². The van der Waals surface area contributed by atoms with Gasteiger partial charge in [0.05, 0.1) is 11.6 Å². The number of pyridine rings is 1. The van der Waals surface area contributed by atoms with Crippen LogP contribution in [0.15, 0.2) is 72.9 Å². The van der Waals surface area contributed by atoms with Crippen LogP contribution >= 0.6 is 0 Å². The highest BCUT2D eigenvalue weighted by Gasteiger charge is 2.59. The number of rotatable bonds is 2. The molecular formula is C24H18N4O2. The first-order valence-electron chi connectivity index (χ1n) is 9.78. The largest absolute Gasteiger partial charge is 0.330 e. The molecular weight excluding hydrogens is 376 g/mol. The Morgan fingerprint density at radius 3 is 2.60 bits per heavy atom. The molecule has 0 aliphatic carbocycles. The number of anilines is 1. The van der Waals surface area contributed by atoms with E-state index in [1.165, 1.54) is 12.3 Å². The van der Waals surface area contributed by atoms with Gasteiger partial charge in [-0.2, -0.15) is 5.26 Å². The van der Waals surface area contributed by atoms with Crippen molar-refractivity contribution in [2.75, 3.05) is 11.9 Å². The van der Waals surface area contributed by atoms with E-state index in [1.54, 1.807) is 11.0 Å². The molecule has 1 N–H and O–H groups in total. The average molecular weight is 394 g/mol. The number of aromatic nitrogens is 1. The van der Waals surface area contributed by atoms with E-state index >= 15 is 0 Å². The lowest BCUT2D eigenvalue weighted by Gasteiger charge is -2.34. The summed E-state index contributed by atoms with van der Waals surface area (Å²) < 4.78 is 0. The number of hydrogen-bond acceptors (Lipinski definition) is 4. The number of hydrogen-bond donors (Lipinski definition) is 1. The predicted octanol–water partition coefficient (Wildman–Crippen LogP) is 3.43. The molecule has 0 saturated carbocycles. The molecule has 3 heterocycles. The summed E-state index contributed by atoms with van der Waals surface area (Å²) in [4.78, 5) is 32.6. The summed E-state index contributed by atoms with van der Waals surface area (Å²) in [6.07, 6.45) is 1.96. The van der Waals surface area contributed by atoms with E-state index in [4.69, 9.17) is 5.26 Å². The topological polar surface area (TPSA) is 86.1 Å². The molecule has 2 aromatic carbocycles. The highest BCUT2D eigenvalue weighted by Crippen LogP contribution is 2.54. The van der Waals surface area contributed by atoms with Gasteiger partial charge in [0.1, 0.15) is 17.2 Å². The number of amides is 2. The first kappa shape index (κ1) is 18.1. The van der Waals surface area contributed by atoms with E-state index in [9.17, 15) is 9.59 Å². The third kappa shape index (κ3) is 2.52. The number of para-hydroxylation sites is 1. The van der Waals surface area contributed by atoms with Gasteiger partial charge < -0.3 is 10.2 Å². The molecule has 30 heavy (non-hydrogen) atoms. The number of carbonyl (C=O) groups is 2. The molecule has 2 atom stereocenters. The molecule has 3 aromatic rings. The van der Waals surface area contributed by atoms with Crippen molar-refractivity contribution >= 4 is 17.5 Å². The summed E-state index contributed by atoms with van der Waals surface area (Å²) >= 11 is 0. The summed E-state index contributed by atoms with van der Waals surface area (Å²) in [6, 6.07) is 22.1. The summed E-state index contributed by atoms with van der Waals surface area (Å²) in [6.45, 7) is 0.445. The molecule has 2 aliphatic rings. The van der Waals surface area contributed by atoms with Crippen LogP contribution in [0, 0.1) is 11.3 Å². The molecule has 0 unspecified atom stereocenters. The summed E-state index contributed by atoms with van der Waals surface area (Å²) in [5.41, 5.74) is 2.46. The average Bonchev–Trinajstić information content (AvgIpc) is 3.33. The molecule has 1 fully saturated rings. The number of nitrogens with zero attached hydrogens (tertiary/aromatic N) is 3. The molecule has 0 radical (unpaired) electrons. The van der Waals surface area contributed by atoms with Crippen molar-refractivity contribution < 1.29 is 9.59 Å². The SMILES string of the molecule is N#Cc1ccc(C(=O)N2CC[C@]3(C(=O)Nc4ccccc43)[C@@H]2c2ccccc2)cn1.